The number of halogens is 6. The lowest BCUT2D eigenvalue weighted by molar-refractivity contribution is -0.256. The molecule has 0 aliphatic heterocycles. The van der Waals surface area contributed by atoms with Crippen molar-refractivity contribution >= 4 is 5.97 Å². The zero-order valence-corrected chi connectivity index (χ0v) is 12.1. The first kappa shape index (κ1) is 21.0. The molecule has 0 aromatic heterocycles. The van der Waals surface area contributed by atoms with E-state index in [1.54, 1.807) is 0 Å². The van der Waals surface area contributed by atoms with Gasteiger partial charge in [0, 0.05) is 0 Å². The summed E-state index contributed by atoms with van der Waals surface area (Å²) in [5.41, 5.74) is -2.88. The third-order valence-corrected chi connectivity index (χ3v) is 2.94. The van der Waals surface area contributed by atoms with E-state index in [1.165, 1.54) is 6.92 Å². The Morgan fingerprint density at radius 1 is 1.18 bits per heavy atom. The van der Waals surface area contributed by atoms with Crippen molar-refractivity contribution in [3.63, 3.8) is 0 Å². The number of alkyl halides is 6. The maximum atomic E-state index is 12.4. The van der Waals surface area contributed by atoms with Crippen molar-refractivity contribution < 1.29 is 45.7 Å². The first-order valence-corrected chi connectivity index (χ1v) is 6.43. The third-order valence-electron chi connectivity index (χ3n) is 2.94. The molecule has 0 fully saturated rings. The third kappa shape index (κ3) is 6.82. The summed E-state index contributed by atoms with van der Waals surface area (Å²) in [7, 11) is 0. The van der Waals surface area contributed by atoms with Crippen molar-refractivity contribution in [1.82, 2.24) is 0 Å². The molecule has 132 valence electrons. The molecule has 0 rings (SSSR count). The number of carbonyl (C=O) groups excluding carboxylic acids is 1. The van der Waals surface area contributed by atoms with Crippen LogP contribution in [-0.4, -0.2) is 42.4 Å². The molecule has 0 saturated heterocycles. The minimum Gasteiger partial charge on any atom is -0.438 e. The maximum absolute atomic E-state index is 12.4. The van der Waals surface area contributed by atoms with Crippen LogP contribution < -0.4 is 0 Å². The molecule has 2 atom stereocenters. The standard InChI is InChI=1S/C12H18F6O4/c1-3-8(11(13,14)15)9(19)22-7-21-6-4-5-10(2,20)12(16,17)18/h8,20H,3-7H2,1-2H3. The SMILES string of the molecule is CCC(C(=O)OCOCCCC(C)(O)C(F)(F)F)C(F)(F)F. The highest BCUT2D eigenvalue weighted by Crippen LogP contribution is 2.33. The van der Waals surface area contributed by atoms with Crippen LogP contribution in [0.15, 0.2) is 0 Å². The summed E-state index contributed by atoms with van der Waals surface area (Å²) >= 11 is 0. The van der Waals surface area contributed by atoms with Gasteiger partial charge in [-0.1, -0.05) is 6.92 Å². The summed E-state index contributed by atoms with van der Waals surface area (Å²) in [4.78, 5) is 11.1. The van der Waals surface area contributed by atoms with E-state index in [0.717, 1.165) is 0 Å². The van der Waals surface area contributed by atoms with E-state index in [-0.39, 0.29) is 13.0 Å². The molecule has 0 spiro atoms. The molecule has 0 aromatic carbocycles. The Morgan fingerprint density at radius 2 is 1.73 bits per heavy atom. The van der Waals surface area contributed by atoms with Gasteiger partial charge in [0.1, 0.15) is 0 Å². The molecule has 0 amide bonds. The van der Waals surface area contributed by atoms with Crippen LogP contribution in [0.25, 0.3) is 0 Å². The van der Waals surface area contributed by atoms with Gasteiger partial charge in [0.15, 0.2) is 18.3 Å². The van der Waals surface area contributed by atoms with Gasteiger partial charge in [0.25, 0.3) is 0 Å². The second-order valence-electron chi connectivity index (χ2n) is 4.87. The Hall–Kier alpha value is -1.03. The number of esters is 1. The van der Waals surface area contributed by atoms with E-state index in [1.807, 2.05) is 0 Å². The topological polar surface area (TPSA) is 55.8 Å². The largest absolute Gasteiger partial charge is 0.438 e. The summed E-state index contributed by atoms with van der Waals surface area (Å²) in [6.07, 6.45) is -10.9. The number of ether oxygens (including phenoxy) is 2. The van der Waals surface area contributed by atoms with Crippen molar-refractivity contribution in [2.24, 2.45) is 5.92 Å². The van der Waals surface area contributed by atoms with Crippen molar-refractivity contribution in [2.75, 3.05) is 13.4 Å². The molecule has 0 aromatic rings. The predicted molar refractivity (Wildman–Crippen MR) is 62.7 cm³/mol. The van der Waals surface area contributed by atoms with Crippen molar-refractivity contribution in [3.8, 4) is 0 Å². The molecule has 0 aliphatic rings. The quantitative estimate of drug-likeness (QED) is 0.319. The minimum absolute atomic E-state index is 0.208. The van der Waals surface area contributed by atoms with Gasteiger partial charge < -0.3 is 14.6 Å². The van der Waals surface area contributed by atoms with Crippen molar-refractivity contribution in [1.29, 1.82) is 0 Å². The lowest BCUT2D eigenvalue weighted by Crippen LogP contribution is -2.42. The van der Waals surface area contributed by atoms with Gasteiger partial charge in [0.05, 0.1) is 6.61 Å². The molecule has 1 N–H and O–H groups in total. The zero-order valence-electron chi connectivity index (χ0n) is 12.1. The molecule has 0 heterocycles. The van der Waals surface area contributed by atoms with Gasteiger partial charge in [-0.05, 0) is 26.2 Å². The normalized spacial score (nSPS) is 17.0. The lowest BCUT2D eigenvalue weighted by atomic mass is 10.0. The predicted octanol–water partition coefficient (Wildman–Crippen LogP) is 3.19. The van der Waals surface area contributed by atoms with Gasteiger partial charge in [-0.3, -0.25) is 4.79 Å². The summed E-state index contributed by atoms with van der Waals surface area (Å²) in [6.45, 7) is 0.670. The van der Waals surface area contributed by atoms with Gasteiger partial charge >= 0.3 is 18.3 Å². The summed E-state index contributed by atoms with van der Waals surface area (Å²) in [5, 5.41) is 9.10. The van der Waals surface area contributed by atoms with Gasteiger partial charge in [-0.15, -0.1) is 0 Å². The fraction of sp³-hybridized carbons (Fsp3) is 0.917. The highest BCUT2D eigenvalue weighted by atomic mass is 19.4. The molecule has 10 heteroatoms. The van der Waals surface area contributed by atoms with Crippen LogP contribution in [0.3, 0.4) is 0 Å². The monoisotopic (exact) mass is 340 g/mol. The van der Waals surface area contributed by atoms with Crippen LogP contribution in [0, 0.1) is 5.92 Å². The molecule has 4 nitrogen and oxygen atoms in total. The Morgan fingerprint density at radius 3 is 2.14 bits per heavy atom. The first-order valence-electron chi connectivity index (χ1n) is 6.43. The van der Waals surface area contributed by atoms with E-state index in [9.17, 15) is 31.1 Å². The van der Waals surface area contributed by atoms with E-state index in [2.05, 4.69) is 9.47 Å². The van der Waals surface area contributed by atoms with E-state index in [0.29, 0.717) is 6.92 Å². The maximum Gasteiger partial charge on any atom is 0.416 e. The van der Waals surface area contributed by atoms with E-state index in [4.69, 9.17) is 5.11 Å². The number of hydrogen-bond donors (Lipinski definition) is 1. The number of rotatable bonds is 8. The summed E-state index contributed by atoms with van der Waals surface area (Å²) < 4.78 is 82.9. The average molecular weight is 340 g/mol. The summed E-state index contributed by atoms with van der Waals surface area (Å²) in [6, 6.07) is 0. The molecule has 0 radical (unpaired) electrons. The second-order valence-corrected chi connectivity index (χ2v) is 4.87. The second kappa shape index (κ2) is 8.00. The van der Waals surface area contributed by atoms with Crippen LogP contribution in [0.1, 0.15) is 33.1 Å². The number of aliphatic hydroxyl groups is 1. The molecule has 22 heavy (non-hydrogen) atoms. The van der Waals surface area contributed by atoms with Crippen LogP contribution in [0.2, 0.25) is 0 Å². The van der Waals surface area contributed by atoms with Gasteiger partial charge in [-0.2, -0.15) is 26.3 Å². The van der Waals surface area contributed by atoms with Crippen molar-refractivity contribution in [2.45, 2.75) is 51.1 Å². The number of hydrogen-bond acceptors (Lipinski definition) is 4. The Balaban J connectivity index is 3.98. The Bertz CT molecular complexity index is 351. The van der Waals surface area contributed by atoms with Crippen LogP contribution in [0.4, 0.5) is 26.3 Å². The van der Waals surface area contributed by atoms with Crippen molar-refractivity contribution in [3.05, 3.63) is 0 Å². The molecule has 2 unspecified atom stereocenters. The fourth-order valence-electron chi connectivity index (χ4n) is 1.45. The smallest absolute Gasteiger partial charge is 0.416 e. The van der Waals surface area contributed by atoms with E-state index >= 15 is 0 Å². The molecule has 0 aliphatic carbocycles. The number of carbonyl (C=O) groups is 1. The molecular formula is C12H18F6O4. The fourth-order valence-corrected chi connectivity index (χ4v) is 1.45. The van der Waals surface area contributed by atoms with Crippen LogP contribution in [-0.2, 0) is 14.3 Å². The first-order chi connectivity index (χ1) is 9.83. The zero-order chi connectivity index (χ0) is 17.6. The lowest BCUT2D eigenvalue weighted by Gasteiger charge is -2.26. The highest BCUT2D eigenvalue weighted by molar-refractivity contribution is 5.73. The van der Waals surface area contributed by atoms with Gasteiger partial charge in [0.2, 0.25) is 0 Å². The highest BCUT2D eigenvalue weighted by Gasteiger charge is 2.49. The molecule has 0 bridgehead atoms. The Kier molecular flexibility index (Phi) is 7.63. The van der Waals surface area contributed by atoms with E-state index < -0.39 is 49.5 Å². The van der Waals surface area contributed by atoms with Gasteiger partial charge in [-0.25, -0.2) is 0 Å². The Labute approximate surface area is 123 Å². The van der Waals surface area contributed by atoms with Crippen LogP contribution >= 0.6 is 0 Å². The molecule has 0 saturated carbocycles. The van der Waals surface area contributed by atoms with Crippen LogP contribution in [0.5, 0.6) is 0 Å². The molecular weight excluding hydrogens is 322 g/mol. The minimum atomic E-state index is -4.79. The summed E-state index contributed by atoms with van der Waals surface area (Å²) in [5.74, 6) is -3.76. The average Bonchev–Trinajstić information content (AvgIpc) is 2.31.